The number of imidazole rings is 2. The standard InChI is InChI=1S/C18H15F2N5/c1-2-15-14(23-17-7-6-12(19)10-25(15)17)11-24-9-8-21-18(24)13-4-3-5-16(20)22-13/h3-10H,2,11H2,1H3. The van der Waals surface area contributed by atoms with Crippen molar-refractivity contribution in [1.82, 2.24) is 23.9 Å². The van der Waals surface area contributed by atoms with E-state index < -0.39 is 5.95 Å². The summed E-state index contributed by atoms with van der Waals surface area (Å²) in [5.74, 6) is -0.298. The van der Waals surface area contributed by atoms with E-state index in [2.05, 4.69) is 15.0 Å². The molecule has 0 saturated heterocycles. The second kappa shape index (κ2) is 6.08. The van der Waals surface area contributed by atoms with E-state index in [9.17, 15) is 8.78 Å². The predicted molar refractivity (Wildman–Crippen MR) is 89.0 cm³/mol. The van der Waals surface area contributed by atoms with Gasteiger partial charge in [-0.1, -0.05) is 13.0 Å². The van der Waals surface area contributed by atoms with E-state index in [0.29, 0.717) is 30.1 Å². The number of rotatable bonds is 4. The molecule has 5 nitrogen and oxygen atoms in total. The molecule has 7 heteroatoms. The second-order valence-electron chi connectivity index (χ2n) is 5.66. The molecule has 0 bridgehead atoms. The van der Waals surface area contributed by atoms with E-state index in [1.165, 1.54) is 18.3 Å². The van der Waals surface area contributed by atoms with Crippen molar-refractivity contribution in [1.29, 1.82) is 0 Å². The van der Waals surface area contributed by atoms with Gasteiger partial charge >= 0.3 is 0 Å². The fourth-order valence-corrected chi connectivity index (χ4v) is 2.98. The Hall–Kier alpha value is -3.09. The van der Waals surface area contributed by atoms with Gasteiger partial charge in [0.05, 0.1) is 12.2 Å². The predicted octanol–water partition coefficient (Wildman–Crippen LogP) is 3.48. The van der Waals surface area contributed by atoms with Gasteiger partial charge in [0.15, 0.2) is 5.82 Å². The lowest BCUT2D eigenvalue weighted by Gasteiger charge is -2.07. The molecule has 4 heterocycles. The van der Waals surface area contributed by atoms with Gasteiger partial charge in [-0.15, -0.1) is 0 Å². The zero-order valence-corrected chi connectivity index (χ0v) is 13.5. The summed E-state index contributed by atoms with van der Waals surface area (Å²) in [4.78, 5) is 12.8. The minimum Gasteiger partial charge on any atom is -0.324 e. The number of fused-ring (bicyclic) bond motifs is 1. The molecule has 0 spiro atoms. The van der Waals surface area contributed by atoms with Crippen LogP contribution in [0.15, 0.2) is 48.9 Å². The van der Waals surface area contributed by atoms with Gasteiger partial charge in [0.2, 0.25) is 5.95 Å². The summed E-state index contributed by atoms with van der Waals surface area (Å²) >= 11 is 0. The molecule has 0 aromatic carbocycles. The summed E-state index contributed by atoms with van der Waals surface area (Å²) in [5, 5.41) is 0. The summed E-state index contributed by atoms with van der Waals surface area (Å²) < 4.78 is 30.6. The Bertz CT molecular complexity index is 1050. The van der Waals surface area contributed by atoms with E-state index in [1.54, 1.807) is 35.0 Å². The number of aromatic nitrogens is 5. The van der Waals surface area contributed by atoms with Crippen molar-refractivity contribution in [2.45, 2.75) is 19.9 Å². The molecule has 0 aliphatic carbocycles. The monoisotopic (exact) mass is 339 g/mol. The molecule has 25 heavy (non-hydrogen) atoms. The first-order valence-electron chi connectivity index (χ1n) is 7.95. The van der Waals surface area contributed by atoms with Gasteiger partial charge in [0.1, 0.15) is 17.2 Å². The molecule has 4 aromatic heterocycles. The molecule has 4 aromatic rings. The average molecular weight is 339 g/mol. The Balaban J connectivity index is 1.77. The van der Waals surface area contributed by atoms with Crippen LogP contribution in [0.25, 0.3) is 17.2 Å². The number of hydrogen-bond acceptors (Lipinski definition) is 3. The maximum atomic E-state index is 13.6. The van der Waals surface area contributed by atoms with Gasteiger partial charge in [-0.2, -0.15) is 4.39 Å². The molecule has 0 amide bonds. The highest BCUT2D eigenvalue weighted by Crippen LogP contribution is 2.20. The van der Waals surface area contributed by atoms with Crippen LogP contribution in [0, 0.1) is 11.8 Å². The smallest absolute Gasteiger partial charge is 0.213 e. The number of halogens is 2. The molecule has 0 saturated carbocycles. The Kier molecular flexibility index (Phi) is 3.76. The first-order chi connectivity index (χ1) is 12.2. The molecule has 0 aliphatic heterocycles. The molecule has 0 unspecified atom stereocenters. The van der Waals surface area contributed by atoms with Crippen molar-refractivity contribution < 1.29 is 8.78 Å². The third-order valence-corrected chi connectivity index (χ3v) is 4.08. The highest BCUT2D eigenvalue weighted by atomic mass is 19.1. The van der Waals surface area contributed by atoms with E-state index in [-0.39, 0.29) is 5.82 Å². The van der Waals surface area contributed by atoms with Gasteiger partial charge in [0.25, 0.3) is 0 Å². The quantitative estimate of drug-likeness (QED) is 0.535. The van der Waals surface area contributed by atoms with E-state index >= 15 is 0 Å². The van der Waals surface area contributed by atoms with Gasteiger partial charge in [-0.3, -0.25) is 0 Å². The van der Waals surface area contributed by atoms with Crippen molar-refractivity contribution in [2.24, 2.45) is 0 Å². The Morgan fingerprint density at radius 1 is 1.08 bits per heavy atom. The van der Waals surface area contributed by atoms with Crippen molar-refractivity contribution in [2.75, 3.05) is 0 Å². The first kappa shape index (κ1) is 15.4. The van der Waals surface area contributed by atoms with Crippen molar-refractivity contribution >= 4 is 5.65 Å². The van der Waals surface area contributed by atoms with E-state index in [4.69, 9.17) is 0 Å². The van der Waals surface area contributed by atoms with Crippen LogP contribution in [0.5, 0.6) is 0 Å². The van der Waals surface area contributed by atoms with Crippen LogP contribution in [-0.2, 0) is 13.0 Å². The Morgan fingerprint density at radius 2 is 1.96 bits per heavy atom. The van der Waals surface area contributed by atoms with Crippen LogP contribution < -0.4 is 0 Å². The van der Waals surface area contributed by atoms with Crippen molar-refractivity contribution in [3.05, 3.63) is 72.1 Å². The summed E-state index contributed by atoms with van der Waals surface area (Å²) in [6.45, 7) is 2.45. The van der Waals surface area contributed by atoms with Crippen molar-refractivity contribution in [3.63, 3.8) is 0 Å². The fraction of sp³-hybridized carbons (Fsp3) is 0.167. The van der Waals surface area contributed by atoms with Crippen molar-refractivity contribution in [3.8, 4) is 11.5 Å². The van der Waals surface area contributed by atoms with Gasteiger partial charge < -0.3 is 8.97 Å². The molecule has 126 valence electrons. The van der Waals surface area contributed by atoms with Crippen LogP contribution >= 0.6 is 0 Å². The molecule has 0 atom stereocenters. The van der Waals surface area contributed by atoms with Crippen LogP contribution in [0.2, 0.25) is 0 Å². The second-order valence-corrected chi connectivity index (χ2v) is 5.66. The summed E-state index contributed by atoms with van der Waals surface area (Å²) in [6.07, 6.45) is 5.59. The SMILES string of the molecule is CCc1c(Cn2ccnc2-c2cccc(F)n2)nc2ccc(F)cn12. The van der Waals surface area contributed by atoms with Gasteiger partial charge in [-0.05, 0) is 30.7 Å². The Labute approximate surface area is 142 Å². The zero-order chi connectivity index (χ0) is 17.4. The number of aryl methyl sites for hydroxylation is 1. The molecular formula is C18H15F2N5. The summed E-state index contributed by atoms with van der Waals surface area (Å²) in [5.41, 5.74) is 2.90. The van der Waals surface area contributed by atoms with Gasteiger partial charge in [0, 0.05) is 24.3 Å². The fourth-order valence-electron chi connectivity index (χ4n) is 2.98. The third kappa shape index (κ3) is 2.77. The molecular weight excluding hydrogens is 324 g/mol. The number of pyridine rings is 2. The molecule has 0 radical (unpaired) electrons. The lowest BCUT2D eigenvalue weighted by Crippen LogP contribution is -2.05. The molecule has 0 aliphatic rings. The summed E-state index contributed by atoms with van der Waals surface area (Å²) in [6, 6.07) is 7.65. The topological polar surface area (TPSA) is 48.0 Å². The van der Waals surface area contributed by atoms with Crippen LogP contribution in [-0.4, -0.2) is 23.9 Å². The van der Waals surface area contributed by atoms with Crippen LogP contribution in [0.3, 0.4) is 0 Å². The Morgan fingerprint density at radius 3 is 2.76 bits per heavy atom. The van der Waals surface area contributed by atoms with E-state index in [0.717, 1.165) is 11.4 Å². The largest absolute Gasteiger partial charge is 0.324 e. The normalized spacial score (nSPS) is 11.3. The molecule has 4 rings (SSSR count). The highest BCUT2D eigenvalue weighted by molar-refractivity contribution is 5.50. The first-order valence-corrected chi connectivity index (χ1v) is 7.95. The third-order valence-electron chi connectivity index (χ3n) is 4.08. The highest BCUT2D eigenvalue weighted by Gasteiger charge is 2.15. The van der Waals surface area contributed by atoms with E-state index in [1.807, 2.05) is 11.5 Å². The lowest BCUT2D eigenvalue weighted by molar-refractivity contribution is 0.584. The minimum absolute atomic E-state index is 0.307. The summed E-state index contributed by atoms with van der Waals surface area (Å²) in [7, 11) is 0. The maximum absolute atomic E-state index is 13.6. The average Bonchev–Trinajstić information content (AvgIpc) is 3.19. The maximum Gasteiger partial charge on any atom is 0.213 e. The molecule has 0 fully saturated rings. The number of hydrogen-bond donors (Lipinski definition) is 0. The van der Waals surface area contributed by atoms with Crippen LogP contribution in [0.4, 0.5) is 8.78 Å². The molecule has 0 N–H and O–H groups in total. The number of nitrogens with zero attached hydrogens (tertiary/aromatic N) is 5. The minimum atomic E-state index is -0.551. The van der Waals surface area contributed by atoms with Crippen LogP contribution in [0.1, 0.15) is 18.3 Å². The van der Waals surface area contributed by atoms with Gasteiger partial charge in [-0.25, -0.2) is 19.3 Å². The lowest BCUT2D eigenvalue weighted by atomic mass is 10.2. The zero-order valence-electron chi connectivity index (χ0n) is 13.5.